The number of nitrogens with one attached hydrogen (secondary N) is 3. The van der Waals surface area contributed by atoms with Crippen LogP contribution in [0.2, 0.25) is 0 Å². The Bertz CT molecular complexity index is 847. The first-order valence-corrected chi connectivity index (χ1v) is 10.4. The van der Waals surface area contributed by atoms with E-state index >= 15 is 0 Å². The minimum absolute atomic E-state index is 0.112. The first kappa shape index (κ1) is 18.9. The van der Waals surface area contributed by atoms with E-state index in [1.807, 2.05) is 35.0 Å². The Labute approximate surface area is 170 Å². The Hall–Kier alpha value is -2.07. The van der Waals surface area contributed by atoms with Crippen LogP contribution >= 0.6 is 0 Å². The molecule has 29 heavy (non-hydrogen) atoms. The quantitative estimate of drug-likeness (QED) is 0.598. The lowest BCUT2D eigenvalue weighted by Gasteiger charge is -2.35. The number of halogens is 1. The topological polar surface area (TPSA) is 96.1 Å². The maximum Gasteiger partial charge on any atom is 0.129 e. The first-order valence-electron chi connectivity index (χ1n) is 10.4. The molecule has 0 saturated carbocycles. The number of hydrogen-bond donors (Lipinski definition) is 4. The zero-order valence-corrected chi connectivity index (χ0v) is 16.6. The summed E-state index contributed by atoms with van der Waals surface area (Å²) in [6.45, 7) is 1.89. The van der Waals surface area contributed by atoms with Crippen molar-refractivity contribution < 1.29 is 4.39 Å². The maximum atomic E-state index is 14.0. The van der Waals surface area contributed by atoms with Gasteiger partial charge in [-0.3, -0.25) is 10.1 Å². The highest BCUT2D eigenvalue weighted by atomic mass is 19.1. The van der Waals surface area contributed by atoms with E-state index < -0.39 is 6.17 Å². The molecule has 6 atom stereocenters. The molecule has 3 aliphatic heterocycles. The highest BCUT2D eigenvalue weighted by Gasteiger charge is 2.42. The number of fused-ring (bicyclic) bond motifs is 1. The minimum Gasteiger partial charge on any atom is -0.352 e. The lowest BCUT2D eigenvalue weighted by Crippen LogP contribution is -2.48. The second kappa shape index (κ2) is 7.64. The fraction of sp³-hybridized carbons (Fsp3) is 0.600. The van der Waals surface area contributed by atoms with Gasteiger partial charge in [0, 0.05) is 55.9 Å². The van der Waals surface area contributed by atoms with Crippen molar-refractivity contribution in [2.75, 3.05) is 24.5 Å². The van der Waals surface area contributed by atoms with Crippen LogP contribution in [-0.2, 0) is 7.05 Å². The zero-order valence-electron chi connectivity index (χ0n) is 16.6. The zero-order chi connectivity index (χ0) is 20.0. The molecule has 3 fully saturated rings. The van der Waals surface area contributed by atoms with Crippen LogP contribution in [0.4, 0.5) is 10.2 Å². The molecule has 3 aliphatic rings. The van der Waals surface area contributed by atoms with Crippen LogP contribution in [0.3, 0.4) is 0 Å². The van der Waals surface area contributed by atoms with Crippen molar-refractivity contribution in [1.29, 1.82) is 0 Å². The fourth-order valence-electron chi connectivity index (χ4n) is 4.99. The molecular weight excluding hydrogens is 371 g/mol. The Morgan fingerprint density at radius 1 is 1.21 bits per heavy atom. The van der Waals surface area contributed by atoms with Gasteiger partial charge in [-0.1, -0.05) is 6.07 Å². The predicted octanol–water partition coefficient (Wildman–Crippen LogP) is 0.559. The average molecular weight is 401 g/mol. The molecule has 156 valence electrons. The third-order valence-corrected chi connectivity index (χ3v) is 6.42. The van der Waals surface area contributed by atoms with Gasteiger partial charge in [0.2, 0.25) is 0 Å². The molecule has 8 nitrogen and oxygen atoms in total. The molecule has 0 bridgehead atoms. The van der Waals surface area contributed by atoms with Crippen LogP contribution in [-0.4, -0.2) is 52.7 Å². The Morgan fingerprint density at radius 3 is 2.90 bits per heavy atom. The number of nitrogens with zero attached hydrogens (tertiary/aromatic N) is 4. The van der Waals surface area contributed by atoms with E-state index in [0.29, 0.717) is 31.5 Å². The van der Waals surface area contributed by atoms with Gasteiger partial charge in [-0.15, -0.1) is 0 Å². The van der Waals surface area contributed by atoms with Crippen LogP contribution < -0.4 is 26.8 Å². The van der Waals surface area contributed by atoms with Gasteiger partial charge in [-0.25, -0.2) is 14.8 Å². The summed E-state index contributed by atoms with van der Waals surface area (Å²) in [5, 5.41) is 7.94. The summed E-state index contributed by atoms with van der Waals surface area (Å²) in [4.78, 5) is 6.88. The third kappa shape index (κ3) is 3.75. The van der Waals surface area contributed by atoms with Crippen LogP contribution in [0, 0.1) is 5.92 Å². The number of hydrazine groups is 1. The molecule has 0 aromatic carbocycles. The SMILES string of the molecule is Cn1cc(C2CC3C(CN2)NNC3c2cccc(N3C[C@H](N)C[C@@H](F)C3)n2)cn1. The molecule has 2 aromatic rings. The number of nitrogens with two attached hydrogens (primary N) is 1. The largest absolute Gasteiger partial charge is 0.352 e. The second-order valence-corrected chi connectivity index (χ2v) is 8.60. The number of hydrogen-bond acceptors (Lipinski definition) is 7. The molecule has 3 saturated heterocycles. The summed E-state index contributed by atoms with van der Waals surface area (Å²) >= 11 is 0. The fourth-order valence-corrected chi connectivity index (χ4v) is 4.99. The van der Waals surface area contributed by atoms with E-state index in [4.69, 9.17) is 10.7 Å². The van der Waals surface area contributed by atoms with Crippen molar-refractivity contribution in [2.24, 2.45) is 18.7 Å². The van der Waals surface area contributed by atoms with E-state index in [0.717, 1.165) is 24.5 Å². The van der Waals surface area contributed by atoms with Gasteiger partial charge in [0.1, 0.15) is 12.0 Å². The number of alkyl halides is 1. The predicted molar refractivity (Wildman–Crippen MR) is 109 cm³/mol. The summed E-state index contributed by atoms with van der Waals surface area (Å²) < 4.78 is 15.9. The molecule has 0 amide bonds. The third-order valence-electron chi connectivity index (χ3n) is 6.42. The van der Waals surface area contributed by atoms with Gasteiger partial charge >= 0.3 is 0 Å². The summed E-state index contributed by atoms with van der Waals surface area (Å²) in [5.41, 5.74) is 15.1. The normalized spacial score (nSPS) is 34.9. The lowest BCUT2D eigenvalue weighted by atomic mass is 9.82. The molecule has 5 heterocycles. The van der Waals surface area contributed by atoms with Crippen molar-refractivity contribution in [1.82, 2.24) is 30.9 Å². The highest BCUT2D eigenvalue weighted by molar-refractivity contribution is 5.41. The van der Waals surface area contributed by atoms with E-state index in [1.54, 1.807) is 0 Å². The lowest BCUT2D eigenvalue weighted by molar-refractivity contribution is 0.264. The molecule has 0 spiro atoms. The molecular formula is C20H29FN8. The summed E-state index contributed by atoms with van der Waals surface area (Å²) in [5.74, 6) is 1.21. The number of anilines is 1. The molecule has 2 aromatic heterocycles. The molecule has 4 unspecified atom stereocenters. The average Bonchev–Trinajstić information content (AvgIpc) is 3.33. The van der Waals surface area contributed by atoms with Crippen LogP contribution in [0.25, 0.3) is 0 Å². The standard InChI is InChI=1S/C20H29FN8/c1-28-9-12(7-24-28)17-6-15-18(8-23-17)26-27-20(15)16-3-2-4-19(25-16)29-10-13(21)5-14(22)11-29/h2-4,7,9,13-15,17-18,20,23,26-27H,5-6,8,10-11,22H2,1H3/t13-,14-,15?,17?,18?,20?/m1/s1. The van der Waals surface area contributed by atoms with Crippen LogP contribution in [0.5, 0.6) is 0 Å². The highest BCUT2D eigenvalue weighted by Crippen LogP contribution is 2.38. The summed E-state index contributed by atoms with van der Waals surface area (Å²) in [6.07, 6.45) is 4.54. The molecule has 0 radical (unpaired) electrons. The number of aromatic nitrogens is 3. The van der Waals surface area contributed by atoms with Gasteiger partial charge in [0.25, 0.3) is 0 Å². The Kier molecular flexibility index (Phi) is 4.99. The van der Waals surface area contributed by atoms with Gasteiger partial charge < -0.3 is 16.0 Å². The summed E-state index contributed by atoms with van der Waals surface area (Å²) in [7, 11) is 1.94. The van der Waals surface area contributed by atoms with Crippen LogP contribution in [0.15, 0.2) is 30.6 Å². The van der Waals surface area contributed by atoms with E-state index in [2.05, 4.69) is 33.5 Å². The summed E-state index contributed by atoms with van der Waals surface area (Å²) in [6, 6.07) is 6.62. The van der Waals surface area contributed by atoms with Gasteiger partial charge in [-0.05, 0) is 25.0 Å². The molecule has 5 N–H and O–H groups in total. The van der Waals surface area contributed by atoms with Crippen LogP contribution in [0.1, 0.15) is 36.2 Å². The first-order chi connectivity index (χ1) is 14.1. The maximum absolute atomic E-state index is 14.0. The monoisotopic (exact) mass is 400 g/mol. The van der Waals surface area contributed by atoms with Crippen molar-refractivity contribution in [3.8, 4) is 0 Å². The van der Waals surface area contributed by atoms with Gasteiger partial charge in [0.15, 0.2) is 0 Å². The van der Waals surface area contributed by atoms with E-state index in [-0.39, 0.29) is 18.1 Å². The van der Waals surface area contributed by atoms with Crippen molar-refractivity contribution in [3.05, 3.63) is 41.9 Å². The number of rotatable bonds is 3. The Balaban J connectivity index is 1.35. The van der Waals surface area contributed by atoms with Crippen molar-refractivity contribution in [2.45, 2.75) is 43.2 Å². The molecule has 5 rings (SSSR count). The molecule has 0 aliphatic carbocycles. The van der Waals surface area contributed by atoms with E-state index in [9.17, 15) is 4.39 Å². The minimum atomic E-state index is -0.899. The smallest absolute Gasteiger partial charge is 0.129 e. The van der Waals surface area contributed by atoms with E-state index in [1.165, 1.54) is 5.56 Å². The van der Waals surface area contributed by atoms with Gasteiger partial charge in [0.05, 0.1) is 24.5 Å². The van der Waals surface area contributed by atoms with Crippen molar-refractivity contribution >= 4 is 5.82 Å². The second-order valence-electron chi connectivity index (χ2n) is 8.60. The number of pyridine rings is 1. The molecule has 9 heteroatoms. The van der Waals surface area contributed by atoms with Gasteiger partial charge in [-0.2, -0.15) is 5.10 Å². The number of aryl methyl sites for hydroxylation is 1. The van der Waals surface area contributed by atoms with Crippen molar-refractivity contribution in [3.63, 3.8) is 0 Å². The Morgan fingerprint density at radius 2 is 2.10 bits per heavy atom. The number of piperidine rings is 2.